The Morgan fingerprint density at radius 2 is 1.71 bits per heavy atom. The number of allylic oxidation sites excluding steroid dienone is 1. The Bertz CT molecular complexity index is 1500. The average molecular weight is 560 g/mol. The van der Waals surface area contributed by atoms with Gasteiger partial charge in [0.2, 0.25) is 0 Å². The van der Waals surface area contributed by atoms with Crippen molar-refractivity contribution >= 4 is 27.9 Å². The number of ether oxygens (including phenoxy) is 1. The Morgan fingerprint density at radius 1 is 1.00 bits per heavy atom. The topological polar surface area (TPSA) is 134 Å². The number of piperazine rings is 1. The van der Waals surface area contributed by atoms with Crippen molar-refractivity contribution in [1.82, 2.24) is 14.8 Å². The fraction of sp³-hybridized carbons (Fsp3) is 0.419. The minimum atomic E-state index is -1.37. The Hall–Kier alpha value is -3.72. The molecule has 41 heavy (non-hydrogen) atoms. The molecule has 0 bridgehead atoms. The number of carbonyl (C=O) groups is 1. The summed E-state index contributed by atoms with van der Waals surface area (Å²) in [6.07, 6.45) is -4.81. The largest absolute Gasteiger partial charge is 0.388 e. The molecule has 5 rings (SSSR count). The summed E-state index contributed by atoms with van der Waals surface area (Å²) in [4.78, 5) is 17.7. The van der Waals surface area contributed by atoms with E-state index in [0.717, 1.165) is 48.5 Å². The van der Waals surface area contributed by atoms with Crippen LogP contribution in [0.3, 0.4) is 0 Å². The number of nitrogens with one attached hydrogen (secondary N) is 1. The van der Waals surface area contributed by atoms with E-state index in [0.29, 0.717) is 5.57 Å². The second kappa shape index (κ2) is 12.0. The maximum Gasteiger partial charge on any atom is 0.262 e. The van der Waals surface area contributed by atoms with E-state index in [2.05, 4.69) is 58.6 Å². The third-order valence-corrected chi connectivity index (χ3v) is 8.28. The molecule has 2 aliphatic rings. The number of aliphatic hydroxyl groups excluding tert-OH is 3. The molecular weight excluding hydrogens is 522 g/mol. The Morgan fingerprint density at radius 3 is 2.44 bits per heavy atom. The molecule has 0 saturated carbocycles. The van der Waals surface area contributed by atoms with E-state index in [4.69, 9.17) is 4.74 Å². The molecule has 0 unspecified atom stereocenters. The second-order valence-corrected chi connectivity index (χ2v) is 10.9. The summed E-state index contributed by atoms with van der Waals surface area (Å²) >= 11 is 0. The molecule has 3 heterocycles. The molecule has 2 aromatic carbocycles. The number of fused-ring (bicyclic) bond motifs is 1. The van der Waals surface area contributed by atoms with Gasteiger partial charge in [-0.05, 0) is 66.2 Å². The van der Waals surface area contributed by atoms with Crippen molar-refractivity contribution in [2.75, 3.05) is 51.3 Å². The molecule has 4 N–H and O–H groups in total. The maximum atomic E-state index is 12.9. The molecule has 0 aliphatic carbocycles. The third kappa shape index (κ3) is 5.86. The van der Waals surface area contributed by atoms with Crippen LogP contribution in [0.25, 0.3) is 27.6 Å². The number of likely N-dealkylation sites (N-methyl/N-ethyl adjacent to an activating group) is 1. The lowest BCUT2D eigenvalue weighted by atomic mass is 10.00. The zero-order valence-electron chi connectivity index (χ0n) is 23.6. The molecule has 2 fully saturated rings. The van der Waals surface area contributed by atoms with Gasteiger partial charge < -0.3 is 39.7 Å². The highest BCUT2D eigenvalue weighted by Crippen LogP contribution is 2.31. The fourth-order valence-electron chi connectivity index (χ4n) is 5.59. The summed E-state index contributed by atoms with van der Waals surface area (Å²) in [5, 5.41) is 44.4. The van der Waals surface area contributed by atoms with Gasteiger partial charge in [-0.15, -0.1) is 0 Å². The van der Waals surface area contributed by atoms with Crippen LogP contribution in [0.2, 0.25) is 0 Å². The molecule has 1 amide bonds. The van der Waals surface area contributed by atoms with Gasteiger partial charge in [-0.2, -0.15) is 5.26 Å². The van der Waals surface area contributed by atoms with Gasteiger partial charge in [0.1, 0.15) is 36.1 Å². The van der Waals surface area contributed by atoms with Crippen LogP contribution in [0.4, 0.5) is 5.69 Å². The second-order valence-electron chi connectivity index (χ2n) is 10.9. The zero-order valence-corrected chi connectivity index (χ0v) is 23.6. The monoisotopic (exact) mass is 559 g/mol. The van der Waals surface area contributed by atoms with E-state index in [-0.39, 0.29) is 18.7 Å². The molecule has 0 radical (unpaired) electrons. The van der Waals surface area contributed by atoms with E-state index >= 15 is 0 Å². The molecule has 4 atom stereocenters. The van der Waals surface area contributed by atoms with Gasteiger partial charge in [0.15, 0.2) is 0 Å². The normalized spacial score (nSPS) is 24.2. The predicted molar refractivity (Wildman–Crippen MR) is 157 cm³/mol. The summed E-state index contributed by atoms with van der Waals surface area (Å²) in [6, 6.07) is 18.8. The number of carbonyl (C=O) groups excluding carboxylic acids is 1. The van der Waals surface area contributed by atoms with Gasteiger partial charge in [-0.3, -0.25) is 4.79 Å². The Kier molecular flexibility index (Phi) is 8.45. The molecule has 216 valence electrons. The number of nitriles is 1. The van der Waals surface area contributed by atoms with E-state index in [9.17, 15) is 25.4 Å². The first-order valence-electron chi connectivity index (χ1n) is 13.9. The SMILES string of the molecule is C/C(=C(/C#N)C(=O)NC[C@H]1OC[C@H](O)[C@@H](O)[C@@H]1O)c1ccc(-c2ccc3cc(N4CCN(C)CC4)ccc3c2)n1C. The minimum absolute atomic E-state index is 0.0569. The number of aromatic nitrogens is 1. The van der Waals surface area contributed by atoms with Crippen LogP contribution < -0.4 is 10.2 Å². The fourth-order valence-corrected chi connectivity index (χ4v) is 5.59. The van der Waals surface area contributed by atoms with Crippen molar-refractivity contribution in [3.05, 3.63) is 59.8 Å². The van der Waals surface area contributed by atoms with Crippen molar-refractivity contribution in [2.45, 2.75) is 31.3 Å². The minimum Gasteiger partial charge on any atom is -0.388 e. The summed E-state index contributed by atoms with van der Waals surface area (Å²) in [5.41, 5.74) is 4.40. The summed E-state index contributed by atoms with van der Waals surface area (Å²) in [6.45, 7) is 5.61. The van der Waals surface area contributed by atoms with Gasteiger partial charge >= 0.3 is 0 Å². The van der Waals surface area contributed by atoms with Crippen molar-refractivity contribution in [2.24, 2.45) is 7.05 Å². The number of anilines is 1. The first kappa shape index (κ1) is 28.8. The lowest BCUT2D eigenvalue weighted by molar-refractivity contribution is -0.185. The molecule has 1 aromatic heterocycles. The van der Waals surface area contributed by atoms with Gasteiger partial charge in [-0.1, -0.05) is 18.2 Å². The van der Waals surface area contributed by atoms with Crippen molar-refractivity contribution < 1.29 is 24.9 Å². The number of hydrogen-bond acceptors (Lipinski definition) is 8. The highest BCUT2D eigenvalue weighted by molar-refractivity contribution is 6.04. The Labute approximate surface area is 239 Å². The molecule has 10 heteroatoms. The van der Waals surface area contributed by atoms with Crippen LogP contribution >= 0.6 is 0 Å². The Balaban J connectivity index is 1.33. The van der Waals surface area contributed by atoms with Crippen LogP contribution in [-0.4, -0.2) is 101 Å². The maximum absolute atomic E-state index is 12.9. The van der Waals surface area contributed by atoms with Crippen molar-refractivity contribution in [3.8, 4) is 17.3 Å². The highest BCUT2D eigenvalue weighted by Gasteiger charge is 2.37. The first-order chi connectivity index (χ1) is 19.7. The van der Waals surface area contributed by atoms with E-state index in [1.54, 1.807) is 6.92 Å². The smallest absolute Gasteiger partial charge is 0.262 e. The van der Waals surface area contributed by atoms with Crippen LogP contribution in [0, 0.1) is 11.3 Å². The zero-order chi connectivity index (χ0) is 29.3. The number of rotatable bonds is 6. The van der Waals surface area contributed by atoms with Crippen molar-refractivity contribution in [3.63, 3.8) is 0 Å². The summed E-state index contributed by atoms with van der Waals surface area (Å²) in [7, 11) is 4.06. The van der Waals surface area contributed by atoms with Crippen LogP contribution in [-0.2, 0) is 16.6 Å². The van der Waals surface area contributed by atoms with Crippen LogP contribution in [0.1, 0.15) is 12.6 Å². The van der Waals surface area contributed by atoms with E-state index in [1.165, 1.54) is 11.1 Å². The average Bonchev–Trinajstić information content (AvgIpc) is 3.36. The number of benzene rings is 2. The number of amides is 1. The standard InChI is InChI=1S/C31H37N5O5/c1-19(24(16-32)31(40)33-17-28-30(39)29(38)27(37)18-41-28)25-8-9-26(35(25)3)22-5-4-21-15-23(7-6-20(21)14-22)36-12-10-34(2)11-13-36/h4-9,14-15,27-30,37-39H,10-13,17-18H2,1-3H3,(H,33,40)/b24-19+/t27-,28+,29+,30+/m0/s1. The quantitative estimate of drug-likeness (QED) is 0.264. The highest BCUT2D eigenvalue weighted by atomic mass is 16.5. The summed E-state index contributed by atoms with van der Waals surface area (Å²) in [5.74, 6) is -0.606. The molecular formula is C31H37N5O5. The van der Waals surface area contributed by atoms with Crippen molar-refractivity contribution in [1.29, 1.82) is 5.26 Å². The molecule has 0 spiro atoms. The predicted octanol–water partition coefficient (Wildman–Crippen LogP) is 1.49. The van der Waals surface area contributed by atoms with Gasteiger partial charge in [-0.25, -0.2) is 0 Å². The van der Waals surface area contributed by atoms with Gasteiger partial charge in [0, 0.05) is 56.8 Å². The number of aliphatic hydroxyl groups is 3. The molecule has 3 aromatic rings. The van der Waals surface area contributed by atoms with Gasteiger partial charge in [0.05, 0.1) is 6.61 Å². The third-order valence-electron chi connectivity index (χ3n) is 8.28. The summed E-state index contributed by atoms with van der Waals surface area (Å²) < 4.78 is 7.31. The number of nitrogens with zero attached hydrogens (tertiary/aromatic N) is 4. The molecule has 2 aliphatic heterocycles. The lowest BCUT2D eigenvalue weighted by Crippen LogP contribution is -2.56. The first-order valence-corrected chi connectivity index (χ1v) is 13.9. The van der Waals surface area contributed by atoms with E-state index in [1.807, 2.05) is 29.8 Å². The molecule has 10 nitrogen and oxygen atoms in total. The van der Waals surface area contributed by atoms with Crippen LogP contribution in [0.5, 0.6) is 0 Å². The van der Waals surface area contributed by atoms with Crippen LogP contribution in [0.15, 0.2) is 54.1 Å². The number of hydrogen-bond donors (Lipinski definition) is 4. The van der Waals surface area contributed by atoms with E-state index < -0.39 is 30.3 Å². The molecule has 2 saturated heterocycles. The lowest BCUT2D eigenvalue weighted by Gasteiger charge is -2.35. The van der Waals surface area contributed by atoms with Gasteiger partial charge in [0.25, 0.3) is 5.91 Å².